The maximum atomic E-state index is 8.87. The molecule has 0 aliphatic rings. The molecule has 96 valence electrons. The van der Waals surface area contributed by atoms with Crippen LogP contribution in [0.2, 0.25) is 10.0 Å². The average molecular weight is 304 g/mol. The van der Waals surface area contributed by atoms with Gasteiger partial charge in [-0.1, -0.05) is 23.2 Å². The summed E-state index contributed by atoms with van der Waals surface area (Å²) in [6.45, 7) is 0.100. The fraction of sp³-hybridized carbons (Fsp3) is 0.273. The highest BCUT2D eigenvalue weighted by Gasteiger charge is 2.13. The molecule has 0 atom stereocenters. The molecular formula is C11H11Cl2N3OS. The Bertz CT molecular complexity index is 559. The van der Waals surface area contributed by atoms with E-state index < -0.39 is 0 Å². The molecule has 1 aromatic carbocycles. The van der Waals surface area contributed by atoms with E-state index in [9.17, 15) is 0 Å². The Morgan fingerprint density at radius 1 is 1.28 bits per heavy atom. The van der Waals surface area contributed by atoms with Gasteiger partial charge in [-0.2, -0.15) is 0 Å². The molecule has 0 bridgehead atoms. The molecule has 0 spiro atoms. The van der Waals surface area contributed by atoms with E-state index in [1.807, 2.05) is 0 Å². The largest absolute Gasteiger partial charge is 0.396 e. The highest BCUT2D eigenvalue weighted by Crippen LogP contribution is 2.27. The Labute approximate surface area is 120 Å². The smallest absolute Gasteiger partial charge is 0.192 e. The van der Waals surface area contributed by atoms with E-state index in [2.05, 4.69) is 22.8 Å². The molecule has 2 aromatic rings. The van der Waals surface area contributed by atoms with Crippen LogP contribution in [0.1, 0.15) is 12.2 Å². The minimum Gasteiger partial charge on any atom is -0.396 e. The molecule has 1 N–H and O–H groups in total. The van der Waals surface area contributed by atoms with Crippen LogP contribution in [0, 0.1) is 0 Å². The van der Waals surface area contributed by atoms with Gasteiger partial charge >= 0.3 is 0 Å². The van der Waals surface area contributed by atoms with Crippen LogP contribution in [0.25, 0.3) is 5.69 Å². The molecule has 18 heavy (non-hydrogen) atoms. The molecule has 0 saturated carbocycles. The Morgan fingerprint density at radius 2 is 2.06 bits per heavy atom. The summed E-state index contributed by atoms with van der Waals surface area (Å²) >= 11 is 16.3. The van der Waals surface area contributed by atoms with Gasteiger partial charge in [0.15, 0.2) is 5.16 Å². The summed E-state index contributed by atoms with van der Waals surface area (Å²) in [7, 11) is 0. The van der Waals surface area contributed by atoms with Crippen molar-refractivity contribution in [3.05, 3.63) is 34.1 Å². The van der Waals surface area contributed by atoms with E-state index >= 15 is 0 Å². The van der Waals surface area contributed by atoms with Crippen molar-refractivity contribution >= 4 is 35.8 Å². The monoisotopic (exact) mass is 303 g/mol. The molecule has 7 heteroatoms. The van der Waals surface area contributed by atoms with E-state index in [4.69, 9.17) is 28.3 Å². The van der Waals surface area contributed by atoms with Crippen molar-refractivity contribution in [2.45, 2.75) is 18.0 Å². The van der Waals surface area contributed by atoms with Crippen LogP contribution in [0.4, 0.5) is 0 Å². The zero-order valence-corrected chi connectivity index (χ0v) is 11.8. The number of hydrogen-bond donors (Lipinski definition) is 2. The van der Waals surface area contributed by atoms with Gasteiger partial charge in [-0.25, -0.2) is 0 Å². The summed E-state index contributed by atoms with van der Waals surface area (Å²) in [5, 5.41) is 18.3. The number of aryl methyl sites for hydroxylation is 1. The number of hydrogen-bond acceptors (Lipinski definition) is 4. The number of benzene rings is 1. The summed E-state index contributed by atoms with van der Waals surface area (Å²) in [6, 6.07) is 5.18. The maximum Gasteiger partial charge on any atom is 0.192 e. The second-order valence-electron chi connectivity index (χ2n) is 3.67. The first-order chi connectivity index (χ1) is 8.63. The van der Waals surface area contributed by atoms with Gasteiger partial charge in [0.25, 0.3) is 0 Å². The Hall–Kier alpha value is -0.750. The van der Waals surface area contributed by atoms with Gasteiger partial charge in [0.2, 0.25) is 0 Å². The van der Waals surface area contributed by atoms with Crippen LogP contribution >= 0.6 is 35.8 Å². The van der Waals surface area contributed by atoms with E-state index in [1.54, 1.807) is 22.8 Å². The molecular weight excluding hydrogens is 293 g/mol. The Kier molecular flexibility index (Phi) is 4.50. The van der Waals surface area contributed by atoms with Crippen LogP contribution in [-0.2, 0) is 6.42 Å². The minimum absolute atomic E-state index is 0.100. The number of aromatic nitrogens is 3. The maximum absolute atomic E-state index is 8.87. The molecule has 2 rings (SSSR count). The second kappa shape index (κ2) is 5.93. The van der Waals surface area contributed by atoms with Gasteiger partial charge in [0.1, 0.15) is 5.82 Å². The second-order valence-corrected chi connectivity index (χ2v) is 4.92. The zero-order valence-electron chi connectivity index (χ0n) is 9.35. The third-order valence-electron chi connectivity index (χ3n) is 2.42. The SMILES string of the molecule is OCCCc1nnc(S)n1-c1ccc(Cl)cc1Cl. The Balaban J connectivity index is 2.45. The first kappa shape index (κ1) is 13.7. The van der Waals surface area contributed by atoms with E-state index in [-0.39, 0.29) is 6.61 Å². The summed E-state index contributed by atoms with van der Waals surface area (Å²) in [6.07, 6.45) is 1.21. The van der Waals surface area contributed by atoms with E-state index in [0.717, 1.165) is 5.69 Å². The molecule has 0 amide bonds. The van der Waals surface area contributed by atoms with Gasteiger partial charge in [0, 0.05) is 18.1 Å². The predicted octanol–water partition coefficient (Wildman–Crippen LogP) is 2.79. The summed E-state index contributed by atoms with van der Waals surface area (Å²) < 4.78 is 1.75. The van der Waals surface area contributed by atoms with Crippen molar-refractivity contribution in [2.75, 3.05) is 6.61 Å². The predicted molar refractivity (Wildman–Crippen MR) is 74.0 cm³/mol. The van der Waals surface area contributed by atoms with Crippen molar-refractivity contribution in [3.8, 4) is 5.69 Å². The number of aliphatic hydroxyl groups is 1. The van der Waals surface area contributed by atoms with Gasteiger partial charge in [-0.15, -0.1) is 22.8 Å². The third-order valence-corrected chi connectivity index (χ3v) is 3.25. The highest BCUT2D eigenvalue weighted by atomic mass is 35.5. The standard InChI is InChI=1S/C11H11Cl2N3OS/c12-7-3-4-9(8(13)6-7)16-10(2-1-5-17)14-15-11(16)18/h3-4,6,17H,1-2,5H2,(H,15,18). The topological polar surface area (TPSA) is 50.9 Å². The lowest BCUT2D eigenvalue weighted by atomic mass is 10.2. The van der Waals surface area contributed by atoms with E-state index in [1.165, 1.54) is 0 Å². The number of nitrogens with zero attached hydrogens (tertiary/aromatic N) is 3. The highest BCUT2D eigenvalue weighted by molar-refractivity contribution is 7.80. The third kappa shape index (κ3) is 2.80. The van der Waals surface area contributed by atoms with Crippen molar-refractivity contribution < 1.29 is 5.11 Å². The van der Waals surface area contributed by atoms with Crippen LogP contribution in [-0.4, -0.2) is 26.5 Å². The van der Waals surface area contributed by atoms with Crippen molar-refractivity contribution in [1.29, 1.82) is 0 Å². The molecule has 1 heterocycles. The lowest BCUT2D eigenvalue weighted by Crippen LogP contribution is -2.04. The summed E-state index contributed by atoms with van der Waals surface area (Å²) in [4.78, 5) is 0. The molecule has 0 radical (unpaired) electrons. The number of rotatable bonds is 4. The fourth-order valence-corrected chi connectivity index (χ4v) is 2.38. The normalized spacial score (nSPS) is 10.9. The zero-order chi connectivity index (χ0) is 13.1. The van der Waals surface area contributed by atoms with Crippen LogP contribution in [0.5, 0.6) is 0 Å². The van der Waals surface area contributed by atoms with Crippen LogP contribution in [0.15, 0.2) is 23.4 Å². The minimum atomic E-state index is 0.100. The molecule has 1 aromatic heterocycles. The molecule has 0 fully saturated rings. The van der Waals surface area contributed by atoms with Gasteiger partial charge in [0.05, 0.1) is 10.7 Å². The molecule has 4 nitrogen and oxygen atoms in total. The molecule has 0 aliphatic carbocycles. The van der Waals surface area contributed by atoms with Gasteiger partial charge < -0.3 is 5.11 Å². The van der Waals surface area contributed by atoms with Crippen molar-refractivity contribution in [2.24, 2.45) is 0 Å². The lowest BCUT2D eigenvalue weighted by molar-refractivity contribution is 0.287. The molecule has 0 aliphatic heterocycles. The van der Waals surface area contributed by atoms with Gasteiger partial charge in [-0.3, -0.25) is 4.57 Å². The Morgan fingerprint density at radius 3 is 2.72 bits per heavy atom. The molecule has 0 unspecified atom stereocenters. The quantitative estimate of drug-likeness (QED) is 0.854. The van der Waals surface area contributed by atoms with Crippen LogP contribution < -0.4 is 0 Å². The fourth-order valence-electron chi connectivity index (χ4n) is 1.62. The first-order valence-electron chi connectivity index (χ1n) is 5.33. The van der Waals surface area contributed by atoms with E-state index in [0.29, 0.717) is 33.9 Å². The van der Waals surface area contributed by atoms with Crippen LogP contribution in [0.3, 0.4) is 0 Å². The average Bonchev–Trinajstić information content (AvgIpc) is 2.68. The number of aliphatic hydroxyl groups excluding tert-OH is 1. The van der Waals surface area contributed by atoms with Crippen molar-refractivity contribution in [3.63, 3.8) is 0 Å². The number of thiol groups is 1. The summed E-state index contributed by atoms with van der Waals surface area (Å²) in [5.74, 6) is 0.707. The molecule has 0 saturated heterocycles. The summed E-state index contributed by atoms with van der Waals surface area (Å²) in [5.41, 5.74) is 0.726. The first-order valence-corrected chi connectivity index (χ1v) is 6.53. The lowest BCUT2D eigenvalue weighted by Gasteiger charge is -2.10. The van der Waals surface area contributed by atoms with Crippen molar-refractivity contribution in [1.82, 2.24) is 14.8 Å². The van der Waals surface area contributed by atoms with Gasteiger partial charge in [-0.05, 0) is 24.6 Å². The number of halogens is 2.